The largest absolute Gasteiger partial charge is 0.455 e. The molecule has 0 radical (unpaired) electrons. The first-order valence-corrected chi connectivity index (χ1v) is 10.4. The van der Waals surface area contributed by atoms with Crippen molar-refractivity contribution in [2.24, 2.45) is 34.2 Å². The van der Waals surface area contributed by atoms with Gasteiger partial charge in [-0.3, -0.25) is 19.7 Å². The Balaban J connectivity index is 1.25. The Morgan fingerprint density at radius 1 is 1.13 bits per heavy atom. The summed E-state index contributed by atoms with van der Waals surface area (Å²) in [7, 11) is 0. The number of halogens is 1. The number of nitrogens with zero attached hydrogens (tertiary/aromatic N) is 3. The minimum absolute atomic E-state index is 0.139. The predicted molar refractivity (Wildman–Crippen MR) is 110 cm³/mol. The number of hydrazone groups is 1. The van der Waals surface area contributed by atoms with E-state index in [2.05, 4.69) is 17.3 Å². The molecule has 2 aromatic rings. The van der Waals surface area contributed by atoms with Crippen LogP contribution >= 0.6 is 11.6 Å². The molecule has 4 aliphatic rings. The monoisotopic (exact) mass is 437 g/mol. The molecule has 6 rings (SSSR count). The van der Waals surface area contributed by atoms with Gasteiger partial charge < -0.3 is 4.42 Å². The lowest BCUT2D eigenvalue weighted by Gasteiger charge is -2.18. The van der Waals surface area contributed by atoms with Gasteiger partial charge in [-0.2, -0.15) is 10.1 Å². The van der Waals surface area contributed by atoms with Crippen molar-refractivity contribution in [3.8, 4) is 11.3 Å². The number of rotatable bonds is 4. The van der Waals surface area contributed by atoms with Crippen LogP contribution in [0.15, 0.2) is 52.0 Å². The van der Waals surface area contributed by atoms with Crippen molar-refractivity contribution in [1.29, 1.82) is 0 Å². The van der Waals surface area contributed by atoms with Gasteiger partial charge in [0, 0.05) is 11.1 Å². The Morgan fingerprint density at radius 3 is 2.42 bits per heavy atom. The molecule has 0 unspecified atom stereocenters. The van der Waals surface area contributed by atoms with Crippen LogP contribution < -0.4 is 0 Å². The number of carbonyl (C=O) groups excluding carboxylic acids is 2. The maximum Gasteiger partial charge on any atom is 0.281 e. The Bertz CT molecular complexity index is 1190. The van der Waals surface area contributed by atoms with Crippen LogP contribution in [0.1, 0.15) is 18.6 Å². The molecule has 1 saturated heterocycles. The van der Waals surface area contributed by atoms with Crippen LogP contribution in [0.3, 0.4) is 0 Å². The molecule has 2 saturated carbocycles. The van der Waals surface area contributed by atoms with Crippen LogP contribution in [0.25, 0.3) is 11.3 Å². The van der Waals surface area contributed by atoms with Crippen LogP contribution in [0.4, 0.5) is 5.69 Å². The Kier molecular flexibility index (Phi) is 3.66. The molecule has 2 heterocycles. The normalized spacial score (nSPS) is 29.5. The summed E-state index contributed by atoms with van der Waals surface area (Å²) in [5, 5.41) is 16.6. The van der Waals surface area contributed by atoms with Crippen molar-refractivity contribution in [3.63, 3.8) is 0 Å². The molecule has 2 amide bonds. The van der Waals surface area contributed by atoms with Crippen LogP contribution in [-0.2, 0) is 9.59 Å². The smallest absolute Gasteiger partial charge is 0.281 e. The SMILES string of the molecule is O=C1[C@H]2[C@H](C(=O)N1/N=C\c1ccc(-c3ccc(Cl)cc3[N+](=O)[O-])o1)[C@H]1C=C[C@H]2C12CC2. The summed E-state index contributed by atoms with van der Waals surface area (Å²) < 4.78 is 5.66. The van der Waals surface area contributed by atoms with Gasteiger partial charge in [-0.1, -0.05) is 23.8 Å². The first kappa shape index (κ1) is 18.5. The average Bonchev–Trinajstić information content (AvgIpc) is 3.03. The fourth-order valence-corrected chi connectivity index (χ4v) is 5.89. The summed E-state index contributed by atoms with van der Waals surface area (Å²) in [5.74, 6) is -0.323. The molecule has 31 heavy (non-hydrogen) atoms. The maximum absolute atomic E-state index is 12.9. The summed E-state index contributed by atoms with van der Waals surface area (Å²) in [5.41, 5.74) is 0.231. The van der Waals surface area contributed by atoms with Crippen LogP contribution in [-0.4, -0.2) is 28.0 Å². The van der Waals surface area contributed by atoms with Gasteiger partial charge in [0.1, 0.15) is 11.5 Å². The van der Waals surface area contributed by atoms with E-state index < -0.39 is 4.92 Å². The number of hydrogen-bond acceptors (Lipinski definition) is 6. The van der Waals surface area contributed by atoms with Gasteiger partial charge in [-0.25, -0.2) is 0 Å². The molecule has 1 aromatic carbocycles. The number of furan rings is 1. The molecule has 2 bridgehead atoms. The molecule has 9 heteroatoms. The van der Waals surface area contributed by atoms with E-state index in [-0.39, 0.29) is 68.7 Å². The fraction of sp³-hybridized carbons (Fsp3) is 0.318. The molecule has 156 valence electrons. The van der Waals surface area contributed by atoms with Crippen LogP contribution in [0, 0.1) is 39.2 Å². The third-order valence-electron chi connectivity index (χ3n) is 7.18. The van der Waals surface area contributed by atoms with E-state index >= 15 is 0 Å². The van der Waals surface area contributed by atoms with Gasteiger partial charge >= 0.3 is 0 Å². The number of carbonyl (C=O) groups is 2. The van der Waals surface area contributed by atoms with Crippen molar-refractivity contribution in [2.45, 2.75) is 12.8 Å². The quantitative estimate of drug-likeness (QED) is 0.236. The molecule has 3 aliphatic carbocycles. The Morgan fingerprint density at radius 2 is 1.81 bits per heavy atom. The third-order valence-corrected chi connectivity index (χ3v) is 7.41. The number of hydrogen-bond donors (Lipinski definition) is 0. The van der Waals surface area contributed by atoms with Gasteiger partial charge in [0.2, 0.25) is 0 Å². The van der Waals surface area contributed by atoms with Gasteiger partial charge in [0.25, 0.3) is 17.5 Å². The number of benzene rings is 1. The zero-order chi connectivity index (χ0) is 21.5. The summed E-state index contributed by atoms with van der Waals surface area (Å²) in [6, 6.07) is 7.44. The Labute approximate surface area is 181 Å². The number of fused-ring (bicyclic) bond motifs is 3. The second-order valence-electron chi connectivity index (χ2n) is 8.57. The summed E-state index contributed by atoms with van der Waals surface area (Å²) in [6.45, 7) is 0. The molecule has 1 aromatic heterocycles. The highest BCUT2D eigenvalue weighted by Gasteiger charge is 2.73. The highest BCUT2D eigenvalue weighted by molar-refractivity contribution is 6.30. The molecule has 3 fully saturated rings. The molecule has 0 N–H and O–H groups in total. The topological polar surface area (TPSA) is 106 Å². The van der Waals surface area contributed by atoms with Gasteiger partial charge in [0.15, 0.2) is 0 Å². The Hall–Kier alpha value is -3.26. The van der Waals surface area contributed by atoms with E-state index in [1.165, 1.54) is 24.4 Å². The van der Waals surface area contributed by atoms with Crippen LogP contribution in [0.5, 0.6) is 0 Å². The lowest BCUT2D eigenvalue weighted by molar-refractivity contribution is -0.384. The highest BCUT2D eigenvalue weighted by atomic mass is 35.5. The molecular weight excluding hydrogens is 422 g/mol. The summed E-state index contributed by atoms with van der Waals surface area (Å²) in [4.78, 5) is 36.7. The summed E-state index contributed by atoms with van der Waals surface area (Å²) in [6.07, 6.45) is 7.67. The zero-order valence-electron chi connectivity index (χ0n) is 16.1. The first-order chi connectivity index (χ1) is 14.9. The minimum atomic E-state index is -0.535. The molecular formula is C22H16ClN3O5. The van der Waals surface area contributed by atoms with E-state index in [9.17, 15) is 19.7 Å². The standard InChI is InChI=1S/C22H16ClN3O5/c23-11-1-3-13(16(9-11)26(29)30)17-6-2-12(31-17)10-24-25-20(27)18-14-4-5-15(19(18)21(25)28)22(14)7-8-22/h1-6,9-10,14-15,18-19H,7-8H2/b24-10-/t14-,15-,18-,19-/m1/s1. The van der Waals surface area contributed by atoms with Crippen LogP contribution in [0.2, 0.25) is 5.02 Å². The second kappa shape index (κ2) is 6.13. The summed E-state index contributed by atoms with van der Waals surface area (Å²) >= 11 is 5.86. The second-order valence-corrected chi connectivity index (χ2v) is 9.01. The van der Waals surface area contributed by atoms with Crippen molar-refractivity contribution >= 4 is 35.3 Å². The van der Waals surface area contributed by atoms with Gasteiger partial charge in [-0.15, -0.1) is 0 Å². The molecule has 1 aliphatic heterocycles. The molecule has 8 nitrogen and oxygen atoms in total. The zero-order valence-corrected chi connectivity index (χ0v) is 16.9. The average molecular weight is 438 g/mol. The van der Waals surface area contributed by atoms with E-state index in [0.717, 1.165) is 17.9 Å². The van der Waals surface area contributed by atoms with Crippen molar-refractivity contribution in [2.75, 3.05) is 0 Å². The predicted octanol–water partition coefficient (Wildman–Crippen LogP) is 4.04. The van der Waals surface area contributed by atoms with E-state index in [1.54, 1.807) is 12.1 Å². The fourth-order valence-electron chi connectivity index (χ4n) is 5.72. The lowest BCUT2D eigenvalue weighted by Crippen LogP contribution is -2.30. The van der Waals surface area contributed by atoms with Gasteiger partial charge in [-0.05, 0) is 54.4 Å². The molecule has 1 spiro atoms. The van der Waals surface area contributed by atoms with Crippen molar-refractivity contribution in [1.82, 2.24) is 5.01 Å². The van der Waals surface area contributed by atoms with Crippen molar-refractivity contribution < 1.29 is 18.9 Å². The number of nitro benzene ring substituents is 1. The third kappa shape index (κ3) is 2.45. The number of nitro groups is 1. The minimum Gasteiger partial charge on any atom is -0.455 e. The molecule has 4 atom stereocenters. The number of imide groups is 1. The van der Waals surface area contributed by atoms with Gasteiger partial charge in [0.05, 0.1) is 28.5 Å². The first-order valence-electron chi connectivity index (χ1n) is 10.0. The number of amides is 2. The van der Waals surface area contributed by atoms with Crippen molar-refractivity contribution in [3.05, 3.63) is 63.4 Å². The van der Waals surface area contributed by atoms with E-state index in [0.29, 0.717) is 0 Å². The number of allylic oxidation sites excluding steroid dienone is 2. The highest BCUT2D eigenvalue weighted by Crippen LogP contribution is 2.73. The van der Waals surface area contributed by atoms with E-state index in [4.69, 9.17) is 16.0 Å². The lowest BCUT2D eigenvalue weighted by atomic mass is 9.85. The maximum atomic E-state index is 12.9. The van der Waals surface area contributed by atoms with E-state index in [1.807, 2.05) is 0 Å².